The topological polar surface area (TPSA) is 48.1 Å². The smallest absolute Gasteiger partial charge is 0.317 e. The second kappa shape index (κ2) is 9.90. The Hall–Kier alpha value is -1.86. The van der Waals surface area contributed by atoms with Crippen LogP contribution in [0.15, 0.2) is 24.3 Å². The minimum atomic E-state index is -0.218. The van der Waals surface area contributed by atoms with Gasteiger partial charge in [0.2, 0.25) is 0 Å². The van der Waals surface area contributed by atoms with Crippen LogP contribution in [-0.2, 0) is 4.74 Å². The zero-order valence-corrected chi connectivity index (χ0v) is 16.2. The van der Waals surface area contributed by atoms with E-state index in [4.69, 9.17) is 4.74 Å². The highest BCUT2D eigenvalue weighted by Crippen LogP contribution is 2.17. The quantitative estimate of drug-likeness (QED) is 0.739. The average Bonchev–Trinajstić information content (AvgIpc) is 3.19. The van der Waals surface area contributed by atoms with Crippen molar-refractivity contribution in [2.45, 2.75) is 25.4 Å². The van der Waals surface area contributed by atoms with E-state index in [1.807, 2.05) is 22.9 Å². The number of piperazine rings is 1. The highest BCUT2D eigenvalue weighted by atomic mass is 19.1. The number of urea groups is 1. The van der Waals surface area contributed by atoms with Gasteiger partial charge in [0.1, 0.15) is 5.82 Å². The molecule has 0 aliphatic carbocycles. The number of rotatable bonds is 7. The number of carbonyl (C=O) groups excluding carboxylic acids is 1. The normalized spacial score (nSPS) is 20.7. The number of nitrogens with zero attached hydrogens (tertiary/aromatic N) is 3. The predicted molar refractivity (Wildman–Crippen MR) is 105 cm³/mol. The lowest BCUT2D eigenvalue weighted by Gasteiger charge is -2.35. The summed E-state index contributed by atoms with van der Waals surface area (Å²) in [5.74, 6) is -0.218. The molecule has 1 atom stereocenters. The first-order valence-corrected chi connectivity index (χ1v) is 9.96. The molecule has 0 radical (unpaired) electrons. The van der Waals surface area contributed by atoms with E-state index in [-0.39, 0.29) is 11.8 Å². The Morgan fingerprint density at radius 3 is 2.78 bits per heavy atom. The Morgan fingerprint density at radius 1 is 1.30 bits per heavy atom. The maximum Gasteiger partial charge on any atom is 0.317 e. The number of para-hydroxylation sites is 1. The predicted octanol–water partition coefficient (Wildman–Crippen LogP) is 2.16. The van der Waals surface area contributed by atoms with Gasteiger partial charge in [-0.2, -0.15) is 0 Å². The van der Waals surface area contributed by atoms with Crippen LogP contribution < -0.4 is 10.2 Å². The first-order valence-electron chi connectivity index (χ1n) is 9.96. The summed E-state index contributed by atoms with van der Waals surface area (Å²) < 4.78 is 19.4. The van der Waals surface area contributed by atoms with Gasteiger partial charge in [0.05, 0.1) is 11.8 Å². The van der Waals surface area contributed by atoms with Crippen molar-refractivity contribution in [2.24, 2.45) is 0 Å². The molecule has 6 nitrogen and oxygen atoms in total. The fourth-order valence-electron chi connectivity index (χ4n) is 3.71. The Balaban J connectivity index is 1.30. The summed E-state index contributed by atoms with van der Waals surface area (Å²) in [5, 5.41) is 2.99. The lowest BCUT2D eigenvalue weighted by molar-refractivity contribution is 0.0561. The maximum atomic E-state index is 13.8. The van der Waals surface area contributed by atoms with Crippen LogP contribution in [0, 0.1) is 5.82 Å². The molecular weight excluding hydrogens is 347 g/mol. The molecule has 2 amide bonds. The van der Waals surface area contributed by atoms with Gasteiger partial charge in [-0.15, -0.1) is 0 Å². The first kappa shape index (κ1) is 19.9. The standard InChI is InChI=1S/C20H31FN4O2/c1-23(19-8-3-2-7-18(19)21)10-5-9-22-20(26)25-13-11-24(12-14-25)16-17-6-4-15-27-17/h2-3,7-8,17H,4-6,9-16H2,1H3,(H,22,26). The van der Waals surface area contributed by atoms with Gasteiger partial charge >= 0.3 is 6.03 Å². The summed E-state index contributed by atoms with van der Waals surface area (Å²) in [6, 6.07) is 6.75. The number of hydrogen-bond donors (Lipinski definition) is 1. The first-order chi connectivity index (χ1) is 13.1. The van der Waals surface area contributed by atoms with Gasteiger partial charge in [-0.3, -0.25) is 4.90 Å². The van der Waals surface area contributed by atoms with Gasteiger partial charge in [0.25, 0.3) is 0 Å². The number of carbonyl (C=O) groups is 1. The molecule has 0 spiro atoms. The van der Waals surface area contributed by atoms with Crippen molar-refractivity contribution < 1.29 is 13.9 Å². The molecule has 7 heteroatoms. The van der Waals surface area contributed by atoms with E-state index in [1.54, 1.807) is 12.1 Å². The molecule has 0 aromatic heterocycles. The molecule has 1 N–H and O–H groups in total. The van der Waals surface area contributed by atoms with Gasteiger partial charge in [-0.1, -0.05) is 12.1 Å². The highest BCUT2D eigenvalue weighted by Gasteiger charge is 2.24. The fraction of sp³-hybridized carbons (Fsp3) is 0.650. The number of halogens is 1. The lowest BCUT2D eigenvalue weighted by atomic mass is 10.2. The molecule has 2 fully saturated rings. The van der Waals surface area contributed by atoms with Crippen molar-refractivity contribution >= 4 is 11.7 Å². The molecule has 27 heavy (non-hydrogen) atoms. The summed E-state index contributed by atoms with van der Waals surface area (Å²) in [6.45, 7) is 6.48. The maximum absolute atomic E-state index is 13.8. The number of benzene rings is 1. The van der Waals surface area contributed by atoms with E-state index in [2.05, 4.69) is 10.2 Å². The second-order valence-corrected chi connectivity index (χ2v) is 7.38. The van der Waals surface area contributed by atoms with E-state index in [0.717, 1.165) is 52.2 Å². The third-order valence-electron chi connectivity index (χ3n) is 5.36. The van der Waals surface area contributed by atoms with Gasteiger partial charge in [-0.25, -0.2) is 9.18 Å². The zero-order chi connectivity index (χ0) is 19.1. The molecule has 1 aromatic rings. The summed E-state index contributed by atoms with van der Waals surface area (Å²) in [4.78, 5) is 18.5. The van der Waals surface area contributed by atoms with Crippen molar-refractivity contribution in [3.05, 3.63) is 30.1 Å². The van der Waals surface area contributed by atoms with Crippen LogP contribution in [0.5, 0.6) is 0 Å². The highest BCUT2D eigenvalue weighted by molar-refractivity contribution is 5.74. The Bertz CT molecular complexity index is 601. The molecule has 2 saturated heterocycles. The van der Waals surface area contributed by atoms with Crippen LogP contribution in [0.2, 0.25) is 0 Å². The molecule has 0 bridgehead atoms. The Kier molecular flexibility index (Phi) is 7.29. The third kappa shape index (κ3) is 5.81. The molecular formula is C20H31FN4O2. The van der Waals surface area contributed by atoms with Crippen LogP contribution in [-0.4, -0.2) is 81.4 Å². The number of hydrogen-bond acceptors (Lipinski definition) is 4. The molecule has 1 unspecified atom stereocenters. The van der Waals surface area contributed by atoms with E-state index < -0.39 is 0 Å². The van der Waals surface area contributed by atoms with Crippen molar-refractivity contribution in [3.63, 3.8) is 0 Å². The van der Waals surface area contributed by atoms with E-state index in [9.17, 15) is 9.18 Å². The zero-order valence-electron chi connectivity index (χ0n) is 16.2. The summed E-state index contributed by atoms with van der Waals surface area (Å²) >= 11 is 0. The van der Waals surface area contributed by atoms with Gasteiger partial charge < -0.3 is 19.9 Å². The van der Waals surface area contributed by atoms with Crippen LogP contribution >= 0.6 is 0 Å². The number of anilines is 1. The van der Waals surface area contributed by atoms with Crippen molar-refractivity contribution in [3.8, 4) is 0 Å². The minimum absolute atomic E-state index is 0.000288. The fourth-order valence-corrected chi connectivity index (χ4v) is 3.71. The van der Waals surface area contributed by atoms with E-state index in [1.165, 1.54) is 12.5 Å². The van der Waals surface area contributed by atoms with Gasteiger partial charge in [0.15, 0.2) is 0 Å². The van der Waals surface area contributed by atoms with Gasteiger partial charge in [0, 0.05) is 59.5 Å². The molecule has 150 valence electrons. The average molecular weight is 378 g/mol. The number of nitrogens with one attached hydrogen (secondary N) is 1. The number of ether oxygens (including phenoxy) is 1. The summed E-state index contributed by atoms with van der Waals surface area (Å²) in [6.07, 6.45) is 3.47. The molecule has 2 heterocycles. The number of amides is 2. The van der Waals surface area contributed by atoms with E-state index >= 15 is 0 Å². The van der Waals surface area contributed by atoms with E-state index in [0.29, 0.717) is 24.9 Å². The second-order valence-electron chi connectivity index (χ2n) is 7.38. The molecule has 3 rings (SSSR count). The molecule has 2 aliphatic rings. The van der Waals surface area contributed by atoms with Crippen LogP contribution in [0.3, 0.4) is 0 Å². The Morgan fingerprint density at radius 2 is 2.07 bits per heavy atom. The van der Waals surface area contributed by atoms with Crippen molar-refractivity contribution in [1.29, 1.82) is 0 Å². The summed E-state index contributed by atoms with van der Waals surface area (Å²) in [7, 11) is 1.87. The molecule has 1 aromatic carbocycles. The third-order valence-corrected chi connectivity index (χ3v) is 5.36. The van der Waals surface area contributed by atoms with Crippen LogP contribution in [0.25, 0.3) is 0 Å². The van der Waals surface area contributed by atoms with Crippen molar-refractivity contribution in [2.75, 3.05) is 64.4 Å². The van der Waals surface area contributed by atoms with Gasteiger partial charge in [-0.05, 0) is 31.4 Å². The monoisotopic (exact) mass is 378 g/mol. The minimum Gasteiger partial charge on any atom is -0.377 e. The van der Waals surface area contributed by atoms with Crippen molar-refractivity contribution in [1.82, 2.24) is 15.1 Å². The van der Waals surface area contributed by atoms with Crippen LogP contribution in [0.1, 0.15) is 19.3 Å². The Labute approximate surface area is 161 Å². The molecule has 0 saturated carbocycles. The lowest BCUT2D eigenvalue weighted by Crippen LogP contribution is -2.53. The largest absolute Gasteiger partial charge is 0.377 e. The molecule has 2 aliphatic heterocycles. The van der Waals surface area contributed by atoms with Crippen LogP contribution in [0.4, 0.5) is 14.9 Å². The SMILES string of the molecule is CN(CCCNC(=O)N1CCN(CC2CCCO2)CC1)c1ccccc1F. The summed E-state index contributed by atoms with van der Waals surface area (Å²) in [5.41, 5.74) is 0.589.